The van der Waals surface area contributed by atoms with Crippen molar-refractivity contribution in [2.75, 3.05) is 11.1 Å². The highest BCUT2D eigenvalue weighted by molar-refractivity contribution is 14.1. The normalized spacial score (nSPS) is 10.8. The maximum absolute atomic E-state index is 12.4. The van der Waals surface area contributed by atoms with Gasteiger partial charge in [0.15, 0.2) is 0 Å². The number of aryl methyl sites for hydroxylation is 1. The minimum absolute atomic E-state index is 0.197. The molecule has 3 rings (SSSR count). The average Bonchev–Trinajstić information content (AvgIpc) is 2.77. The number of nitrogen functional groups attached to an aromatic ring is 1. The van der Waals surface area contributed by atoms with Crippen LogP contribution in [0.2, 0.25) is 0 Å². The third-order valence-electron chi connectivity index (χ3n) is 3.13. The molecule has 6 heteroatoms. The van der Waals surface area contributed by atoms with Crippen LogP contribution < -0.4 is 11.1 Å². The second-order valence-corrected chi connectivity index (χ2v) is 6.86. The summed E-state index contributed by atoms with van der Waals surface area (Å²) in [6.45, 7) is 1.97. The molecule has 0 spiro atoms. The maximum Gasteiger partial charge on any atom is 0.267 e. The van der Waals surface area contributed by atoms with E-state index in [0.717, 1.165) is 25.0 Å². The summed E-state index contributed by atoms with van der Waals surface area (Å²) in [5.74, 6) is -0.197. The van der Waals surface area contributed by atoms with Gasteiger partial charge in [-0.05, 0) is 59.3 Å². The first-order valence-corrected chi connectivity index (χ1v) is 8.16. The van der Waals surface area contributed by atoms with E-state index in [2.05, 4.69) is 32.9 Å². The predicted octanol–water partition coefficient (Wildman–Crippen LogP) is 4.04. The van der Waals surface area contributed by atoms with Crippen LogP contribution in [-0.2, 0) is 0 Å². The second kappa shape index (κ2) is 5.61. The Kier molecular flexibility index (Phi) is 3.81. The number of thiophene rings is 1. The molecule has 3 aromatic rings. The summed E-state index contributed by atoms with van der Waals surface area (Å²) in [4.78, 5) is 18.0. The average molecular weight is 409 g/mol. The minimum Gasteiger partial charge on any atom is -0.397 e. The molecule has 0 aliphatic carbocycles. The summed E-state index contributed by atoms with van der Waals surface area (Å²) in [6.07, 6.45) is 1.73. The van der Waals surface area contributed by atoms with Gasteiger partial charge in [-0.2, -0.15) is 0 Å². The lowest BCUT2D eigenvalue weighted by atomic mass is 10.1. The van der Waals surface area contributed by atoms with Crippen molar-refractivity contribution in [2.45, 2.75) is 6.92 Å². The van der Waals surface area contributed by atoms with E-state index in [1.807, 2.05) is 37.3 Å². The van der Waals surface area contributed by atoms with Gasteiger partial charge in [-0.1, -0.05) is 6.07 Å². The summed E-state index contributed by atoms with van der Waals surface area (Å²) in [7, 11) is 0. The third-order valence-corrected chi connectivity index (χ3v) is 4.91. The van der Waals surface area contributed by atoms with Crippen LogP contribution in [0, 0.1) is 10.5 Å². The molecule has 2 heterocycles. The van der Waals surface area contributed by atoms with Crippen molar-refractivity contribution in [3.8, 4) is 0 Å². The summed E-state index contributed by atoms with van der Waals surface area (Å²) in [6, 6.07) is 9.53. The summed E-state index contributed by atoms with van der Waals surface area (Å²) in [5.41, 5.74) is 8.42. The lowest BCUT2D eigenvalue weighted by Crippen LogP contribution is -2.12. The van der Waals surface area contributed by atoms with Crippen LogP contribution in [0.5, 0.6) is 0 Å². The molecule has 0 saturated heterocycles. The van der Waals surface area contributed by atoms with Gasteiger partial charge in [0, 0.05) is 20.8 Å². The molecule has 1 aromatic carbocycles. The molecule has 3 N–H and O–H groups in total. The standard InChI is InChI=1S/C15H12IN3OS/c1-8-5-6-18-15-11(8)12(17)13(21-15)14(20)19-10-4-2-3-9(16)7-10/h2-7H,17H2,1H3,(H,19,20). The largest absolute Gasteiger partial charge is 0.397 e. The van der Waals surface area contributed by atoms with Gasteiger partial charge in [0.05, 0.1) is 5.69 Å². The Labute approximate surface area is 139 Å². The van der Waals surface area contributed by atoms with E-state index in [-0.39, 0.29) is 5.91 Å². The molecular formula is C15H12IN3OS. The first-order chi connectivity index (χ1) is 10.1. The molecule has 21 heavy (non-hydrogen) atoms. The number of aromatic nitrogens is 1. The Balaban J connectivity index is 1.99. The number of nitrogens with two attached hydrogens (primary N) is 1. The van der Waals surface area contributed by atoms with E-state index < -0.39 is 0 Å². The molecule has 106 valence electrons. The van der Waals surface area contributed by atoms with E-state index in [4.69, 9.17) is 5.73 Å². The van der Waals surface area contributed by atoms with E-state index in [0.29, 0.717) is 10.6 Å². The van der Waals surface area contributed by atoms with Crippen molar-refractivity contribution >= 4 is 61.4 Å². The number of fused-ring (bicyclic) bond motifs is 1. The van der Waals surface area contributed by atoms with Crippen molar-refractivity contribution in [3.63, 3.8) is 0 Å². The number of hydrogen-bond acceptors (Lipinski definition) is 4. The van der Waals surface area contributed by atoms with E-state index in [1.54, 1.807) is 6.20 Å². The molecule has 0 radical (unpaired) electrons. The number of nitrogens with one attached hydrogen (secondary N) is 1. The Morgan fingerprint density at radius 1 is 1.38 bits per heavy atom. The molecule has 0 aliphatic rings. The van der Waals surface area contributed by atoms with Crippen LogP contribution in [0.25, 0.3) is 10.2 Å². The molecule has 4 nitrogen and oxygen atoms in total. The van der Waals surface area contributed by atoms with Gasteiger partial charge in [-0.25, -0.2) is 4.98 Å². The highest BCUT2D eigenvalue weighted by atomic mass is 127. The molecule has 2 aromatic heterocycles. The van der Waals surface area contributed by atoms with Crippen molar-refractivity contribution in [1.82, 2.24) is 4.98 Å². The van der Waals surface area contributed by atoms with Crippen LogP contribution in [0.15, 0.2) is 36.5 Å². The molecule has 0 fully saturated rings. The lowest BCUT2D eigenvalue weighted by molar-refractivity contribution is 0.103. The lowest BCUT2D eigenvalue weighted by Gasteiger charge is -2.04. The van der Waals surface area contributed by atoms with E-state index >= 15 is 0 Å². The quantitative estimate of drug-likeness (QED) is 0.628. The summed E-state index contributed by atoms with van der Waals surface area (Å²) < 4.78 is 1.06. The number of hydrogen-bond donors (Lipinski definition) is 2. The predicted molar refractivity (Wildman–Crippen MR) is 95.9 cm³/mol. The zero-order valence-electron chi connectivity index (χ0n) is 11.2. The van der Waals surface area contributed by atoms with Gasteiger partial charge in [0.2, 0.25) is 0 Å². The zero-order valence-corrected chi connectivity index (χ0v) is 14.2. The Hall–Kier alpha value is -1.67. The number of amides is 1. The zero-order chi connectivity index (χ0) is 15.0. The number of pyridine rings is 1. The van der Waals surface area contributed by atoms with Crippen molar-refractivity contribution < 1.29 is 4.79 Å². The van der Waals surface area contributed by atoms with Gasteiger partial charge in [-0.3, -0.25) is 4.79 Å². The Morgan fingerprint density at radius 3 is 2.90 bits per heavy atom. The van der Waals surface area contributed by atoms with Crippen molar-refractivity contribution in [3.05, 3.63) is 50.5 Å². The molecule has 0 bridgehead atoms. The van der Waals surface area contributed by atoms with Crippen molar-refractivity contribution in [2.24, 2.45) is 0 Å². The van der Waals surface area contributed by atoms with E-state index in [1.165, 1.54) is 11.3 Å². The number of carbonyl (C=O) groups excluding carboxylic acids is 1. The summed E-state index contributed by atoms with van der Waals surface area (Å²) in [5, 5.41) is 3.75. The first-order valence-electron chi connectivity index (χ1n) is 6.27. The van der Waals surface area contributed by atoms with Crippen LogP contribution in [0.3, 0.4) is 0 Å². The van der Waals surface area contributed by atoms with Crippen molar-refractivity contribution in [1.29, 1.82) is 0 Å². The van der Waals surface area contributed by atoms with Crippen LogP contribution in [0.1, 0.15) is 15.2 Å². The number of benzene rings is 1. The number of nitrogens with zero attached hydrogens (tertiary/aromatic N) is 1. The number of anilines is 2. The third kappa shape index (κ3) is 2.73. The fourth-order valence-electron chi connectivity index (χ4n) is 2.13. The van der Waals surface area contributed by atoms with Gasteiger partial charge in [-0.15, -0.1) is 11.3 Å². The van der Waals surface area contributed by atoms with Crippen LogP contribution in [-0.4, -0.2) is 10.9 Å². The summed E-state index contributed by atoms with van der Waals surface area (Å²) >= 11 is 3.53. The van der Waals surface area contributed by atoms with Gasteiger partial charge >= 0.3 is 0 Å². The first kappa shape index (κ1) is 14.3. The number of rotatable bonds is 2. The highest BCUT2D eigenvalue weighted by Gasteiger charge is 2.18. The molecule has 0 saturated carbocycles. The molecule has 0 unspecified atom stereocenters. The monoisotopic (exact) mass is 409 g/mol. The Bertz CT molecular complexity index is 844. The maximum atomic E-state index is 12.4. The smallest absolute Gasteiger partial charge is 0.267 e. The van der Waals surface area contributed by atoms with E-state index in [9.17, 15) is 4.79 Å². The SMILES string of the molecule is Cc1ccnc2sc(C(=O)Nc3cccc(I)c3)c(N)c12. The number of carbonyl (C=O) groups is 1. The molecule has 0 aliphatic heterocycles. The fourth-order valence-corrected chi connectivity index (χ4v) is 3.71. The number of halogens is 1. The Morgan fingerprint density at radius 2 is 2.19 bits per heavy atom. The fraction of sp³-hybridized carbons (Fsp3) is 0.0667. The molecular weight excluding hydrogens is 397 g/mol. The second-order valence-electron chi connectivity index (χ2n) is 4.62. The minimum atomic E-state index is -0.197. The topological polar surface area (TPSA) is 68.0 Å². The van der Waals surface area contributed by atoms with Crippen LogP contribution >= 0.6 is 33.9 Å². The highest BCUT2D eigenvalue weighted by Crippen LogP contribution is 2.34. The van der Waals surface area contributed by atoms with Gasteiger partial charge in [0.25, 0.3) is 5.91 Å². The molecule has 0 atom stereocenters. The molecule has 1 amide bonds. The van der Waals surface area contributed by atoms with Gasteiger partial charge < -0.3 is 11.1 Å². The van der Waals surface area contributed by atoms with Crippen LogP contribution in [0.4, 0.5) is 11.4 Å². The van der Waals surface area contributed by atoms with Gasteiger partial charge in [0.1, 0.15) is 9.71 Å².